The zero-order valence-corrected chi connectivity index (χ0v) is 10.8. The van der Waals surface area contributed by atoms with Crippen LogP contribution in [0.15, 0.2) is 18.2 Å². The number of carbonyl (C=O) groups is 1. The molecule has 0 radical (unpaired) electrons. The van der Waals surface area contributed by atoms with Crippen molar-refractivity contribution in [1.29, 1.82) is 5.41 Å². The molecule has 0 fully saturated rings. The van der Waals surface area contributed by atoms with Gasteiger partial charge in [-0.05, 0) is 37.0 Å². The van der Waals surface area contributed by atoms with E-state index in [1.165, 1.54) is 12.0 Å². The number of guanidine groups is 1. The van der Waals surface area contributed by atoms with Gasteiger partial charge in [0.15, 0.2) is 5.96 Å². The first kappa shape index (κ1) is 14.0. The first-order chi connectivity index (χ1) is 8.52. The third-order valence-corrected chi connectivity index (χ3v) is 2.61. The lowest BCUT2D eigenvalue weighted by Gasteiger charge is -2.10. The smallest absolute Gasteiger partial charge is 0.325 e. The quantitative estimate of drug-likeness (QED) is 0.486. The second-order valence-corrected chi connectivity index (χ2v) is 4.25. The van der Waals surface area contributed by atoms with Crippen molar-refractivity contribution in [2.24, 2.45) is 5.73 Å². The Morgan fingerprint density at radius 2 is 2.17 bits per heavy atom. The predicted molar refractivity (Wildman–Crippen MR) is 73.9 cm³/mol. The Balaban J connectivity index is 2.67. The molecule has 98 valence electrons. The van der Waals surface area contributed by atoms with Crippen LogP contribution in [0.3, 0.4) is 0 Å². The molecule has 0 saturated carbocycles. The van der Waals surface area contributed by atoms with Crippen LogP contribution in [0.1, 0.15) is 30.9 Å². The summed E-state index contributed by atoms with van der Waals surface area (Å²) in [4.78, 5) is 11.4. The number of rotatable bonds is 4. The summed E-state index contributed by atoms with van der Waals surface area (Å²) < 4.78 is 0. The van der Waals surface area contributed by atoms with Crippen molar-refractivity contribution in [3.63, 3.8) is 0 Å². The van der Waals surface area contributed by atoms with E-state index in [-0.39, 0.29) is 5.96 Å². The minimum absolute atomic E-state index is 0.371. The fraction of sp³-hybridized carbons (Fsp3) is 0.385. The lowest BCUT2D eigenvalue weighted by atomic mass is 10.0. The van der Waals surface area contributed by atoms with Gasteiger partial charge in [0.1, 0.15) is 0 Å². The molecular weight excluding hydrogens is 228 g/mol. The SMILES string of the molecule is CCCCc1ccc(NC(=O)NC(=N)N)c(C)c1. The zero-order chi connectivity index (χ0) is 13.5. The van der Waals surface area contributed by atoms with E-state index < -0.39 is 6.03 Å². The highest BCUT2D eigenvalue weighted by Gasteiger charge is 2.05. The van der Waals surface area contributed by atoms with Crippen molar-refractivity contribution in [3.8, 4) is 0 Å². The van der Waals surface area contributed by atoms with Crippen molar-refractivity contribution in [2.75, 3.05) is 5.32 Å². The van der Waals surface area contributed by atoms with E-state index in [0.717, 1.165) is 24.1 Å². The van der Waals surface area contributed by atoms with Gasteiger partial charge in [0.25, 0.3) is 0 Å². The van der Waals surface area contributed by atoms with Crippen LogP contribution >= 0.6 is 0 Å². The molecule has 0 aromatic heterocycles. The number of hydrogen-bond acceptors (Lipinski definition) is 2. The van der Waals surface area contributed by atoms with Crippen LogP contribution in [0, 0.1) is 12.3 Å². The van der Waals surface area contributed by atoms with Gasteiger partial charge in [0, 0.05) is 5.69 Å². The summed E-state index contributed by atoms with van der Waals surface area (Å²) in [6, 6.07) is 5.46. The maximum atomic E-state index is 11.4. The molecule has 1 rings (SSSR count). The molecule has 0 bridgehead atoms. The molecule has 0 atom stereocenters. The second-order valence-electron chi connectivity index (χ2n) is 4.25. The maximum absolute atomic E-state index is 11.4. The van der Waals surface area contributed by atoms with E-state index in [4.69, 9.17) is 11.1 Å². The Kier molecular flexibility index (Phi) is 5.17. The Hall–Kier alpha value is -2.04. The molecular formula is C13H20N4O. The molecule has 2 amide bonds. The summed E-state index contributed by atoms with van der Waals surface area (Å²) in [5.74, 6) is -0.371. The highest BCUT2D eigenvalue weighted by Crippen LogP contribution is 2.17. The normalized spacial score (nSPS) is 9.89. The number of nitrogens with one attached hydrogen (secondary N) is 3. The van der Waals surface area contributed by atoms with Crippen LogP contribution in [-0.2, 0) is 6.42 Å². The molecule has 0 unspecified atom stereocenters. The molecule has 0 aliphatic heterocycles. The molecule has 5 N–H and O–H groups in total. The van der Waals surface area contributed by atoms with E-state index in [2.05, 4.69) is 23.6 Å². The predicted octanol–water partition coefficient (Wildman–Crippen LogP) is 2.35. The highest BCUT2D eigenvalue weighted by atomic mass is 16.2. The van der Waals surface area contributed by atoms with Gasteiger partial charge in [-0.1, -0.05) is 25.5 Å². The van der Waals surface area contributed by atoms with Crippen LogP contribution in [0.2, 0.25) is 0 Å². The number of amides is 2. The van der Waals surface area contributed by atoms with Gasteiger partial charge < -0.3 is 11.1 Å². The molecule has 0 aliphatic rings. The van der Waals surface area contributed by atoms with E-state index >= 15 is 0 Å². The molecule has 0 heterocycles. The topological polar surface area (TPSA) is 91.0 Å². The fourth-order valence-corrected chi connectivity index (χ4v) is 1.68. The van der Waals surface area contributed by atoms with E-state index in [1.54, 1.807) is 0 Å². The molecule has 1 aromatic carbocycles. The average Bonchev–Trinajstić information content (AvgIpc) is 2.28. The summed E-state index contributed by atoms with van der Waals surface area (Å²) in [6.45, 7) is 4.10. The van der Waals surface area contributed by atoms with Crippen LogP contribution in [-0.4, -0.2) is 12.0 Å². The molecule has 0 spiro atoms. The van der Waals surface area contributed by atoms with Gasteiger partial charge in [-0.15, -0.1) is 0 Å². The van der Waals surface area contributed by atoms with Crippen molar-refractivity contribution in [3.05, 3.63) is 29.3 Å². The number of benzene rings is 1. The van der Waals surface area contributed by atoms with Gasteiger partial charge >= 0.3 is 6.03 Å². The van der Waals surface area contributed by atoms with Crippen molar-refractivity contribution < 1.29 is 4.79 Å². The Morgan fingerprint density at radius 3 is 2.72 bits per heavy atom. The molecule has 0 aliphatic carbocycles. The fourth-order valence-electron chi connectivity index (χ4n) is 1.68. The molecule has 5 heteroatoms. The number of aryl methyl sites for hydroxylation is 2. The summed E-state index contributed by atoms with van der Waals surface area (Å²) >= 11 is 0. The summed E-state index contributed by atoms with van der Waals surface area (Å²) in [5.41, 5.74) is 8.08. The number of anilines is 1. The number of urea groups is 1. The van der Waals surface area contributed by atoms with Crippen LogP contribution in [0.4, 0.5) is 10.5 Å². The third-order valence-electron chi connectivity index (χ3n) is 2.61. The standard InChI is InChI=1S/C13H20N4O/c1-3-4-5-10-6-7-11(9(2)8-10)16-13(18)17-12(14)15/h6-8H,3-5H2,1-2H3,(H5,14,15,16,17,18). The minimum Gasteiger partial charge on any atom is -0.370 e. The van der Waals surface area contributed by atoms with Crippen molar-refractivity contribution in [1.82, 2.24) is 5.32 Å². The molecule has 18 heavy (non-hydrogen) atoms. The lowest BCUT2D eigenvalue weighted by molar-refractivity contribution is 0.256. The first-order valence-electron chi connectivity index (χ1n) is 6.04. The van der Waals surface area contributed by atoms with E-state index in [9.17, 15) is 4.79 Å². The van der Waals surface area contributed by atoms with Crippen LogP contribution < -0.4 is 16.4 Å². The molecule has 5 nitrogen and oxygen atoms in total. The number of hydrogen-bond donors (Lipinski definition) is 4. The first-order valence-corrected chi connectivity index (χ1v) is 6.04. The summed E-state index contributed by atoms with van der Waals surface area (Å²) in [5, 5.41) is 11.8. The number of nitrogens with two attached hydrogens (primary N) is 1. The second kappa shape index (κ2) is 6.64. The zero-order valence-electron chi connectivity index (χ0n) is 10.8. The van der Waals surface area contributed by atoms with E-state index in [0.29, 0.717) is 0 Å². The minimum atomic E-state index is -0.494. The number of unbranched alkanes of at least 4 members (excludes halogenated alkanes) is 1. The van der Waals surface area contributed by atoms with E-state index in [1.807, 2.05) is 19.1 Å². The average molecular weight is 248 g/mol. The Morgan fingerprint density at radius 1 is 1.44 bits per heavy atom. The van der Waals surface area contributed by atoms with Gasteiger partial charge in [-0.3, -0.25) is 10.7 Å². The molecule has 0 saturated heterocycles. The Labute approximate surface area is 107 Å². The lowest BCUT2D eigenvalue weighted by Crippen LogP contribution is -2.38. The van der Waals surface area contributed by atoms with Crippen LogP contribution in [0.25, 0.3) is 0 Å². The van der Waals surface area contributed by atoms with Crippen LogP contribution in [0.5, 0.6) is 0 Å². The third kappa shape index (κ3) is 4.45. The van der Waals surface area contributed by atoms with Crippen molar-refractivity contribution >= 4 is 17.7 Å². The van der Waals surface area contributed by atoms with Gasteiger partial charge in [0.2, 0.25) is 0 Å². The summed E-state index contributed by atoms with van der Waals surface area (Å²) in [7, 11) is 0. The van der Waals surface area contributed by atoms with Gasteiger partial charge in [0.05, 0.1) is 0 Å². The van der Waals surface area contributed by atoms with Gasteiger partial charge in [-0.2, -0.15) is 0 Å². The Bertz CT molecular complexity index is 443. The monoisotopic (exact) mass is 248 g/mol. The largest absolute Gasteiger partial charge is 0.370 e. The summed E-state index contributed by atoms with van der Waals surface area (Å²) in [6.07, 6.45) is 3.38. The highest BCUT2D eigenvalue weighted by molar-refractivity contribution is 6.01. The maximum Gasteiger partial charge on any atom is 0.325 e. The van der Waals surface area contributed by atoms with Crippen molar-refractivity contribution in [2.45, 2.75) is 33.1 Å². The number of carbonyl (C=O) groups excluding carboxylic acids is 1. The molecule has 1 aromatic rings. The van der Waals surface area contributed by atoms with Gasteiger partial charge in [-0.25, -0.2) is 4.79 Å².